The van der Waals surface area contributed by atoms with Gasteiger partial charge in [0.2, 0.25) is 0 Å². The van der Waals surface area contributed by atoms with E-state index in [1.54, 1.807) is 19.1 Å². The maximum atomic E-state index is 13.0. The van der Waals surface area contributed by atoms with Crippen LogP contribution in [-0.2, 0) is 16.0 Å². The zero-order valence-corrected chi connectivity index (χ0v) is 18.6. The fraction of sp³-hybridized carbons (Fsp3) is 0.520. The Hall–Kier alpha value is -2.28. The Bertz CT molecular complexity index is 890. The smallest absolute Gasteiger partial charge is 0.253 e. The zero-order chi connectivity index (χ0) is 22.9. The molecule has 1 aliphatic heterocycles. The van der Waals surface area contributed by atoms with Gasteiger partial charge in [-0.25, -0.2) is 0 Å². The number of rotatable bonds is 7. The van der Waals surface area contributed by atoms with Gasteiger partial charge < -0.3 is 20.6 Å². The molecule has 1 aromatic carbocycles. The monoisotopic (exact) mass is 427 g/mol. The highest BCUT2D eigenvalue weighted by Gasteiger charge is 2.62. The van der Waals surface area contributed by atoms with Crippen LogP contribution in [0.4, 0.5) is 0 Å². The normalized spacial score (nSPS) is 32.7. The van der Waals surface area contributed by atoms with E-state index in [9.17, 15) is 24.9 Å². The minimum atomic E-state index is -1.77. The van der Waals surface area contributed by atoms with Crippen molar-refractivity contribution in [1.82, 2.24) is 5.32 Å². The summed E-state index contributed by atoms with van der Waals surface area (Å²) in [5.74, 6) is -2.43. The highest BCUT2D eigenvalue weighted by molar-refractivity contribution is 5.90. The quantitative estimate of drug-likeness (QED) is 0.498. The predicted octanol–water partition coefficient (Wildman–Crippen LogP) is 1.93. The molecule has 7 unspecified atom stereocenters. The molecule has 0 spiro atoms. The molecule has 6 nitrogen and oxygen atoms in total. The maximum Gasteiger partial charge on any atom is 0.253 e. The van der Waals surface area contributed by atoms with E-state index in [2.05, 4.69) is 5.32 Å². The second-order valence-corrected chi connectivity index (χ2v) is 9.05. The summed E-state index contributed by atoms with van der Waals surface area (Å²) < 4.78 is 0. The Morgan fingerprint density at radius 1 is 1.19 bits per heavy atom. The van der Waals surface area contributed by atoms with Crippen molar-refractivity contribution in [1.29, 1.82) is 0 Å². The van der Waals surface area contributed by atoms with Crippen molar-refractivity contribution in [3.05, 3.63) is 59.2 Å². The standard InChI is InChI=1S/C25H33NO5/c1-14(22(28)17(4)27)9-8-12-19-23(29)16(3)15(2)21-20(26-24(30)25(19,21)31)13-18-10-6-5-7-11-18/h5-8,10-12,14,17,19-21,23,27,29,31H,9,13H2,1-4H3,(H,26,30). The molecule has 4 N–H and O–H groups in total. The van der Waals surface area contributed by atoms with E-state index in [-0.39, 0.29) is 11.8 Å². The Labute approximate surface area is 183 Å². The van der Waals surface area contributed by atoms with Gasteiger partial charge in [0.15, 0.2) is 11.4 Å². The van der Waals surface area contributed by atoms with E-state index in [4.69, 9.17) is 0 Å². The van der Waals surface area contributed by atoms with Gasteiger partial charge in [0.05, 0.1) is 6.10 Å². The first-order chi connectivity index (χ1) is 14.6. The molecule has 1 aromatic rings. The van der Waals surface area contributed by atoms with Crippen molar-refractivity contribution in [3.63, 3.8) is 0 Å². The number of nitrogens with one attached hydrogen (secondary N) is 1. The van der Waals surface area contributed by atoms with Gasteiger partial charge in [0, 0.05) is 23.8 Å². The van der Waals surface area contributed by atoms with Gasteiger partial charge in [-0.05, 0) is 44.7 Å². The van der Waals surface area contributed by atoms with Crippen molar-refractivity contribution in [2.45, 2.75) is 64.4 Å². The Balaban J connectivity index is 1.89. The highest BCUT2D eigenvalue weighted by atomic mass is 16.3. The van der Waals surface area contributed by atoms with E-state index >= 15 is 0 Å². The van der Waals surface area contributed by atoms with Crippen LogP contribution in [0.15, 0.2) is 53.6 Å². The summed E-state index contributed by atoms with van der Waals surface area (Å²) >= 11 is 0. The van der Waals surface area contributed by atoms with Gasteiger partial charge in [-0.3, -0.25) is 9.59 Å². The number of aliphatic hydroxyl groups excluding tert-OH is 2. The Morgan fingerprint density at radius 2 is 1.84 bits per heavy atom. The fourth-order valence-corrected chi connectivity index (χ4v) is 5.04. The number of carbonyl (C=O) groups excluding carboxylic acids is 2. The van der Waals surface area contributed by atoms with Gasteiger partial charge in [-0.2, -0.15) is 0 Å². The summed E-state index contributed by atoms with van der Waals surface area (Å²) in [6, 6.07) is 9.52. The number of amides is 1. The first-order valence-corrected chi connectivity index (χ1v) is 10.9. The molecule has 31 heavy (non-hydrogen) atoms. The summed E-state index contributed by atoms with van der Waals surface area (Å²) in [6.07, 6.45) is 2.27. The topological polar surface area (TPSA) is 107 Å². The molecule has 168 valence electrons. The third-order valence-corrected chi connectivity index (χ3v) is 6.97. The second kappa shape index (κ2) is 9.07. The van der Waals surface area contributed by atoms with Crippen molar-refractivity contribution < 1.29 is 24.9 Å². The number of hydrogen-bond donors (Lipinski definition) is 4. The van der Waals surface area contributed by atoms with Crippen LogP contribution in [-0.4, -0.2) is 50.9 Å². The van der Waals surface area contributed by atoms with Crippen molar-refractivity contribution in [2.75, 3.05) is 0 Å². The van der Waals surface area contributed by atoms with Crippen molar-refractivity contribution in [3.8, 4) is 0 Å². The lowest BCUT2D eigenvalue weighted by Crippen LogP contribution is -2.56. The number of benzene rings is 1. The van der Waals surface area contributed by atoms with E-state index in [0.29, 0.717) is 12.8 Å². The third kappa shape index (κ3) is 4.25. The number of carbonyl (C=O) groups is 2. The largest absolute Gasteiger partial charge is 0.388 e. The summed E-state index contributed by atoms with van der Waals surface area (Å²) in [7, 11) is 0. The van der Waals surface area contributed by atoms with Crippen LogP contribution in [0.25, 0.3) is 0 Å². The van der Waals surface area contributed by atoms with Crippen molar-refractivity contribution in [2.24, 2.45) is 17.8 Å². The number of Topliss-reactive ketones (excluding diaryl/α,β-unsaturated/α-hetero) is 1. The van der Waals surface area contributed by atoms with Crippen LogP contribution in [0.3, 0.4) is 0 Å². The van der Waals surface area contributed by atoms with Crippen LogP contribution < -0.4 is 5.32 Å². The maximum absolute atomic E-state index is 13.0. The first-order valence-electron chi connectivity index (χ1n) is 10.9. The Kier molecular flexibility index (Phi) is 6.84. The van der Waals surface area contributed by atoms with Crippen LogP contribution >= 0.6 is 0 Å². The lowest BCUT2D eigenvalue weighted by molar-refractivity contribution is -0.147. The number of hydrogen-bond acceptors (Lipinski definition) is 5. The molecule has 0 bridgehead atoms. The number of aliphatic hydroxyl groups is 3. The lowest BCUT2D eigenvalue weighted by atomic mass is 9.63. The molecule has 0 radical (unpaired) electrons. The summed E-state index contributed by atoms with van der Waals surface area (Å²) in [5, 5.41) is 35.0. The number of ketones is 1. The molecule has 1 amide bonds. The SMILES string of the molecule is CC1=C(C)C2C(Cc3ccccc3)NC(=O)C2(O)C(C=CCC(C)C(=O)C(C)O)C1O. The third-order valence-electron chi connectivity index (χ3n) is 6.97. The molecule has 7 atom stereocenters. The van der Waals surface area contributed by atoms with E-state index in [1.807, 2.05) is 44.2 Å². The zero-order valence-electron chi connectivity index (χ0n) is 18.6. The van der Waals surface area contributed by atoms with Crippen LogP contribution in [0, 0.1) is 17.8 Å². The molecule has 0 saturated carbocycles. The molecule has 1 saturated heterocycles. The molecular formula is C25H33NO5. The van der Waals surface area contributed by atoms with Crippen LogP contribution in [0.5, 0.6) is 0 Å². The minimum Gasteiger partial charge on any atom is -0.388 e. The molecule has 1 aliphatic carbocycles. The molecule has 0 aromatic heterocycles. The number of fused-ring (bicyclic) bond motifs is 1. The molecule has 1 heterocycles. The van der Waals surface area contributed by atoms with Gasteiger partial charge in [0.25, 0.3) is 5.91 Å². The van der Waals surface area contributed by atoms with Gasteiger partial charge in [0.1, 0.15) is 6.10 Å². The molecular weight excluding hydrogens is 394 g/mol. The Morgan fingerprint density at radius 3 is 2.45 bits per heavy atom. The fourth-order valence-electron chi connectivity index (χ4n) is 5.04. The van der Waals surface area contributed by atoms with Crippen LogP contribution in [0.2, 0.25) is 0 Å². The van der Waals surface area contributed by atoms with E-state index in [1.165, 1.54) is 6.92 Å². The van der Waals surface area contributed by atoms with Gasteiger partial charge in [-0.15, -0.1) is 0 Å². The van der Waals surface area contributed by atoms with Gasteiger partial charge in [-0.1, -0.05) is 55.0 Å². The molecule has 1 fully saturated rings. The highest BCUT2D eigenvalue weighted by Crippen LogP contribution is 2.48. The predicted molar refractivity (Wildman–Crippen MR) is 118 cm³/mol. The summed E-state index contributed by atoms with van der Waals surface area (Å²) in [6.45, 7) is 6.87. The number of allylic oxidation sites excluding steroid dienone is 1. The van der Waals surface area contributed by atoms with E-state index < -0.39 is 41.5 Å². The average Bonchev–Trinajstić information content (AvgIpc) is 2.99. The molecule has 6 heteroatoms. The van der Waals surface area contributed by atoms with Crippen LogP contribution in [0.1, 0.15) is 39.7 Å². The van der Waals surface area contributed by atoms with Gasteiger partial charge >= 0.3 is 0 Å². The second-order valence-electron chi connectivity index (χ2n) is 9.05. The lowest BCUT2D eigenvalue weighted by Gasteiger charge is -2.43. The summed E-state index contributed by atoms with van der Waals surface area (Å²) in [4.78, 5) is 25.0. The molecule has 3 rings (SSSR count). The van der Waals surface area contributed by atoms with Crippen molar-refractivity contribution >= 4 is 11.7 Å². The minimum absolute atomic E-state index is 0.265. The van der Waals surface area contributed by atoms with E-state index in [0.717, 1.165) is 16.7 Å². The average molecular weight is 428 g/mol. The summed E-state index contributed by atoms with van der Waals surface area (Å²) in [5.41, 5.74) is 0.881. The molecule has 2 aliphatic rings. The first kappa shape index (κ1) is 23.4.